The molecular weight excluding hydrogens is 590 g/mol. The summed E-state index contributed by atoms with van der Waals surface area (Å²) in [6.45, 7) is -1.76. The van der Waals surface area contributed by atoms with Gasteiger partial charge in [-0.3, -0.25) is 9.35 Å². The van der Waals surface area contributed by atoms with E-state index in [9.17, 15) is 59.2 Å². The Bertz CT molecular complexity index is 970. The molecule has 3 rings (SSSR count). The van der Waals surface area contributed by atoms with E-state index in [-0.39, 0.29) is 0 Å². The first-order chi connectivity index (χ1) is 19.1. The summed E-state index contributed by atoms with van der Waals surface area (Å²) in [4.78, 5) is 12.1. The molecule has 3 aliphatic rings. The number of carbonyl (C=O) groups is 1. The molecule has 41 heavy (non-hydrogen) atoms. The SMILES string of the molecule is CC(=O)N[C@H]1[C@H](O[C@@H]2[C@@H](O)[C@H](O)O[C@H](CO)[C@@H]2O)O[C@H](COS(=O)(=O)O)[C@@H](O)[C@@H]1O[C@@H]1O[C@H](CO)[C@H](O)[C@H](O)[C@H]1O. The van der Waals surface area contributed by atoms with Crippen LogP contribution in [0.4, 0.5) is 0 Å². The predicted molar refractivity (Wildman–Crippen MR) is 123 cm³/mol. The number of aliphatic hydroxyl groups is 9. The Morgan fingerprint density at radius 3 is 1.83 bits per heavy atom. The Hall–Kier alpha value is -1.22. The van der Waals surface area contributed by atoms with Gasteiger partial charge in [-0.25, -0.2) is 4.18 Å². The van der Waals surface area contributed by atoms with Crippen molar-refractivity contribution in [2.75, 3.05) is 19.8 Å². The van der Waals surface area contributed by atoms with Crippen molar-refractivity contribution in [3.63, 3.8) is 0 Å². The molecule has 3 saturated heterocycles. The summed E-state index contributed by atoms with van der Waals surface area (Å²) in [6.07, 6.45) is -25.6. The molecule has 3 fully saturated rings. The number of amides is 1. The maximum absolute atomic E-state index is 12.1. The van der Waals surface area contributed by atoms with Gasteiger partial charge in [-0.2, -0.15) is 8.42 Å². The second-order valence-corrected chi connectivity index (χ2v) is 10.7. The van der Waals surface area contributed by atoms with E-state index < -0.39 is 128 Å². The Balaban J connectivity index is 1.97. The number of aliphatic hydroxyl groups excluding tert-OH is 9. The normalized spacial score (nSPS) is 45.8. The minimum atomic E-state index is -5.09. The van der Waals surface area contributed by atoms with E-state index >= 15 is 0 Å². The first-order valence-electron chi connectivity index (χ1n) is 12.2. The molecule has 0 aromatic rings. The van der Waals surface area contributed by atoms with E-state index in [1.54, 1.807) is 0 Å². The van der Waals surface area contributed by atoms with Gasteiger partial charge in [0, 0.05) is 6.92 Å². The average molecular weight is 626 g/mol. The zero-order chi connectivity index (χ0) is 30.8. The molecule has 0 unspecified atom stereocenters. The maximum Gasteiger partial charge on any atom is 0.397 e. The lowest BCUT2D eigenvalue weighted by atomic mass is 9.94. The van der Waals surface area contributed by atoms with E-state index in [2.05, 4.69) is 9.50 Å². The van der Waals surface area contributed by atoms with Crippen molar-refractivity contribution in [1.29, 1.82) is 0 Å². The fraction of sp³-hybridized carbons (Fsp3) is 0.950. The third-order valence-corrected chi connectivity index (χ3v) is 7.13. The van der Waals surface area contributed by atoms with Gasteiger partial charge in [0.15, 0.2) is 18.9 Å². The third kappa shape index (κ3) is 8.04. The summed E-state index contributed by atoms with van der Waals surface area (Å²) in [5.41, 5.74) is 0. The largest absolute Gasteiger partial charge is 0.397 e. The molecule has 0 spiro atoms. The van der Waals surface area contributed by atoms with Crippen LogP contribution < -0.4 is 5.32 Å². The molecule has 3 heterocycles. The van der Waals surface area contributed by atoms with Gasteiger partial charge in [0.2, 0.25) is 5.91 Å². The first-order valence-corrected chi connectivity index (χ1v) is 13.6. The standard InChI is InChI=1S/C20H35NO19S/c1-5(24)21-9-16(39-20-14(29)13(28)10(25)6(2-22)37-20)12(27)8(4-35-41(32,33)34)38-19(9)40-17-11(26)7(3-23)36-18(31)15(17)30/h6-20,22-23,25-31H,2-4H2,1H3,(H,21,24)(H,32,33,34)/t6-,7-,8-,9-,10+,11+,12-,13+,14-,15-,16-,17+,18-,19+,20+/m1/s1. The maximum atomic E-state index is 12.1. The van der Waals surface area contributed by atoms with E-state index in [1.807, 2.05) is 0 Å². The van der Waals surface area contributed by atoms with Crippen LogP contribution in [0.2, 0.25) is 0 Å². The molecule has 15 atom stereocenters. The topological polar surface area (TPSA) is 321 Å². The van der Waals surface area contributed by atoms with E-state index in [4.69, 9.17) is 28.2 Å². The molecule has 0 bridgehead atoms. The van der Waals surface area contributed by atoms with Crippen LogP contribution in [-0.2, 0) is 43.1 Å². The Morgan fingerprint density at radius 2 is 1.27 bits per heavy atom. The van der Waals surface area contributed by atoms with Crippen LogP contribution in [0.25, 0.3) is 0 Å². The highest BCUT2D eigenvalue weighted by molar-refractivity contribution is 7.80. The molecule has 0 radical (unpaired) electrons. The van der Waals surface area contributed by atoms with Gasteiger partial charge in [-0.15, -0.1) is 0 Å². The second-order valence-electron chi connectivity index (χ2n) is 9.60. The van der Waals surface area contributed by atoms with Crippen molar-refractivity contribution in [2.24, 2.45) is 0 Å². The summed E-state index contributed by atoms with van der Waals surface area (Å²) in [5, 5.41) is 93.8. The Labute approximate surface area is 232 Å². The van der Waals surface area contributed by atoms with Gasteiger partial charge in [0.25, 0.3) is 0 Å². The molecule has 0 aromatic heterocycles. The average Bonchev–Trinajstić information content (AvgIpc) is 2.90. The summed E-state index contributed by atoms with van der Waals surface area (Å²) >= 11 is 0. The van der Waals surface area contributed by atoms with Crippen LogP contribution in [0.15, 0.2) is 0 Å². The van der Waals surface area contributed by atoms with Crippen LogP contribution in [0.3, 0.4) is 0 Å². The monoisotopic (exact) mass is 625 g/mol. The van der Waals surface area contributed by atoms with Crippen molar-refractivity contribution in [3.05, 3.63) is 0 Å². The van der Waals surface area contributed by atoms with Crippen LogP contribution in [0.1, 0.15) is 6.92 Å². The number of nitrogens with one attached hydrogen (secondary N) is 1. The summed E-state index contributed by atoms with van der Waals surface area (Å²) in [7, 11) is -5.09. The zero-order valence-corrected chi connectivity index (χ0v) is 22.2. The number of hydrogen-bond acceptors (Lipinski definition) is 18. The number of carbonyl (C=O) groups excluding carboxylic acids is 1. The molecule has 1 amide bonds. The van der Waals surface area contributed by atoms with Gasteiger partial charge in [0.1, 0.15) is 73.2 Å². The summed E-state index contributed by atoms with van der Waals surface area (Å²) < 4.78 is 62.6. The molecule has 21 heteroatoms. The summed E-state index contributed by atoms with van der Waals surface area (Å²) in [5.74, 6) is -0.796. The first kappa shape index (κ1) is 34.3. The lowest BCUT2D eigenvalue weighted by Gasteiger charge is -2.49. The lowest BCUT2D eigenvalue weighted by molar-refractivity contribution is -0.363. The van der Waals surface area contributed by atoms with Crippen LogP contribution in [0.5, 0.6) is 0 Å². The van der Waals surface area contributed by atoms with Gasteiger partial charge in [-0.05, 0) is 0 Å². The van der Waals surface area contributed by atoms with Gasteiger partial charge >= 0.3 is 10.4 Å². The molecule has 20 nitrogen and oxygen atoms in total. The lowest BCUT2D eigenvalue weighted by Crippen LogP contribution is -2.69. The zero-order valence-electron chi connectivity index (χ0n) is 21.3. The van der Waals surface area contributed by atoms with E-state index in [0.29, 0.717) is 0 Å². The quantitative estimate of drug-likeness (QED) is 0.100. The molecule has 11 N–H and O–H groups in total. The fourth-order valence-electron chi connectivity index (χ4n) is 4.59. The molecule has 0 saturated carbocycles. The number of rotatable bonds is 10. The Kier molecular flexibility index (Phi) is 11.7. The minimum Gasteiger partial charge on any atom is -0.394 e. The second kappa shape index (κ2) is 14.0. The highest BCUT2D eigenvalue weighted by atomic mass is 32.3. The van der Waals surface area contributed by atoms with Gasteiger partial charge in [-0.1, -0.05) is 0 Å². The predicted octanol–water partition coefficient (Wildman–Crippen LogP) is -7.60. The molecule has 0 aromatic carbocycles. The van der Waals surface area contributed by atoms with Gasteiger partial charge < -0.3 is 75.0 Å². The van der Waals surface area contributed by atoms with Crippen molar-refractivity contribution in [2.45, 2.75) is 99.0 Å². The highest BCUT2D eigenvalue weighted by Crippen LogP contribution is 2.32. The van der Waals surface area contributed by atoms with Crippen LogP contribution >= 0.6 is 0 Å². The van der Waals surface area contributed by atoms with Gasteiger partial charge in [0.05, 0.1) is 19.8 Å². The van der Waals surface area contributed by atoms with Crippen LogP contribution in [0, 0.1) is 0 Å². The highest BCUT2D eigenvalue weighted by Gasteiger charge is 2.54. The summed E-state index contributed by atoms with van der Waals surface area (Å²) in [6, 6.07) is -1.65. The molecule has 3 aliphatic heterocycles. The van der Waals surface area contributed by atoms with Crippen LogP contribution in [-0.4, -0.2) is 177 Å². The number of hydrogen-bond donors (Lipinski definition) is 11. The van der Waals surface area contributed by atoms with Crippen molar-refractivity contribution >= 4 is 16.3 Å². The van der Waals surface area contributed by atoms with E-state index in [1.165, 1.54) is 0 Å². The van der Waals surface area contributed by atoms with Crippen molar-refractivity contribution in [1.82, 2.24) is 5.32 Å². The smallest absolute Gasteiger partial charge is 0.394 e. The van der Waals surface area contributed by atoms with E-state index in [0.717, 1.165) is 6.92 Å². The number of ether oxygens (including phenoxy) is 5. The fourth-order valence-corrected chi connectivity index (χ4v) is 4.90. The minimum absolute atomic E-state index is 0.796. The Morgan fingerprint density at radius 1 is 0.732 bits per heavy atom. The van der Waals surface area contributed by atoms with Crippen molar-refractivity contribution in [3.8, 4) is 0 Å². The van der Waals surface area contributed by atoms with Crippen molar-refractivity contribution < 1.29 is 91.6 Å². The molecular formula is C20H35NO19S. The third-order valence-electron chi connectivity index (χ3n) is 6.70. The molecule has 240 valence electrons. The molecule has 0 aliphatic carbocycles.